The molecule has 2 atom stereocenters. The number of anilines is 1. The van der Waals surface area contributed by atoms with E-state index < -0.39 is 34.9 Å². The molecule has 166 valence electrons. The number of β-lactam (4-membered cyclic amide) rings is 1. The number of aliphatic carboxylic acids is 1. The minimum atomic E-state index is -1.49. The van der Waals surface area contributed by atoms with Crippen LogP contribution in [0.5, 0.6) is 0 Å². The van der Waals surface area contributed by atoms with Crippen molar-refractivity contribution in [1.29, 1.82) is 0 Å². The van der Waals surface area contributed by atoms with E-state index in [-0.39, 0.29) is 52.0 Å². The van der Waals surface area contributed by atoms with Gasteiger partial charge in [-0.2, -0.15) is 9.36 Å². The summed E-state index contributed by atoms with van der Waals surface area (Å²) in [7, 11) is 0. The number of allylic oxidation sites excluding steroid dienone is 1. The Hall–Kier alpha value is -2.30. The number of nitrogen functional groups attached to an aromatic ring is 1. The van der Waals surface area contributed by atoms with Gasteiger partial charge < -0.3 is 26.2 Å². The summed E-state index contributed by atoms with van der Waals surface area (Å²) in [5.41, 5.74) is 7.63. The monoisotopic (exact) mass is 515 g/mol. The Kier molecular flexibility index (Phi) is 7.92. The van der Waals surface area contributed by atoms with Gasteiger partial charge in [-0.05, 0) is 18.6 Å². The van der Waals surface area contributed by atoms with Gasteiger partial charge in [-0.1, -0.05) is 11.2 Å². The number of hydrogen-bond acceptors (Lipinski definition) is 13. The summed E-state index contributed by atoms with van der Waals surface area (Å²) in [6, 6.07) is -1.02. The number of hydrogen-bond donors (Lipinski definition) is 3. The number of fused-ring (bicyclic) bond motifs is 1. The first kappa shape index (κ1) is 25.3. The normalized spacial score (nSPS) is 20.3. The molecule has 2 aliphatic heterocycles. The number of thiazole rings is 1. The Morgan fingerprint density at radius 1 is 1.42 bits per heavy atom. The summed E-state index contributed by atoms with van der Waals surface area (Å²) in [5.74, 6) is -2.92. The minimum Gasteiger partial charge on any atom is -0.543 e. The molecule has 0 aromatic carbocycles. The van der Waals surface area contributed by atoms with Gasteiger partial charge >= 0.3 is 29.6 Å². The predicted octanol–water partition coefficient (Wildman–Crippen LogP) is -3.82. The number of thioether (sulfide) groups is 1. The summed E-state index contributed by atoms with van der Waals surface area (Å²) in [6.45, 7) is 1.83. The molecule has 4 N–H and O–H groups in total. The van der Waals surface area contributed by atoms with Crippen molar-refractivity contribution < 1.29 is 54.3 Å². The van der Waals surface area contributed by atoms with Crippen molar-refractivity contribution in [3.8, 4) is 0 Å². The molecule has 0 aliphatic carbocycles. The average molecular weight is 516 g/mol. The Balaban J connectivity index is 0.00000306. The van der Waals surface area contributed by atoms with Gasteiger partial charge in [-0.15, -0.1) is 23.1 Å². The zero-order valence-electron chi connectivity index (χ0n) is 17.2. The van der Waals surface area contributed by atoms with E-state index in [1.807, 2.05) is 6.92 Å². The number of nitrogens with two attached hydrogens (primary N) is 1. The molecule has 2 aromatic rings. The van der Waals surface area contributed by atoms with E-state index in [2.05, 4.69) is 24.8 Å². The third-order valence-corrected chi connectivity index (χ3v) is 7.41. The van der Waals surface area contributed by atoms with Crippen LogP contribution in [0.1, 0.15) is 16.4 Å². The summed E-state index contributed by atoms with van der Waals surface area (Å²) in [6.07, 6.45) is 3.37. The van der Waals surface area contributed by atoms with Crippen LogP contribution in [0.4, 0.5) is 5.13 Å². The number of amides is 2. The second-order valence-electron chi connectivity index (χ2n) is 6.56. The van der Waals surface area contributed by atoms with Gasteiger partial charge in [-0.25, -0.2) is 4.98 Å². The Morgan fingerprint density at radius 3 is 2.76 bits per heavy atom. The van der Waals surface area contributed by atoms with Gasteiger partial charge in [0.2, 0.25) is 11.5 Å². The van der Waals surface area contributed by atoms with Crippen LogP contribution in [0.2, 0.25) is 0 Å². The maximum atomic E-state index is 12.7. The summed E-state index contributed by atoms with van der Waals surface area (Å²) in [4.78, 5) is 46.9. The van der Waals surface area contributed by atoms with Crippen LogP contribution in [-0.4, -0.2) is 65.1 Å². The molecule has 2 aromatic heterocycles. The molecule has 4 rings (SSSR count). The van der Waals surface area contributed by atoms with Crippen LogP contribution < -0.4 is 45.7 Å². The van der Waals surface area contributed by atoms with Crippen LogP contribution >= 0.6 is 34.6 Å². The van der Waals surface area contributed by atoms with E-state index in [9.17, 15) is 24.7 Å². The van der Waals surface area contributed by atoms with Gasteiger partial charge in [0.1, 0.15) is 11.4 Å². The Labute approximate surface area is 221 Å². The third kappa shape index (κ3) is 4.83. The number of carboxylic acid groups (broad SMARTS) is 1. The quantitative estimate of drug-likeness (QED) is 0.113. The number of nitrogens with one attached hydrogen (secondary N) is 1. The van der Waals surface area contributed by atoms with Crippen molar-refractivity contribution in [1.82, 2.24) is 24.6 Å². The first-order valence-electron chi connectivity index (χ1n) is 8.91. The Morgan fingerprint density at radius 2 is 2.18 bits per heavy atom. The molecule has 4 heterocycles. The minimum absolute atomic E-state index is 0. The zero-order chi connectivity index (χ0) is 23.0. The predicted molar refractivity (Wildman–Crippen MR) is 116 cm³/mol. The molecular formula is C17H14N7NaO5S3. The van der Waals surface area contributed by atoms with E-state index in [4.69, 9.17) is 5.73 Å². The van der Waals surface area contributed by atoms with Crippen LogP contribution in [0.25, 0.3) is 6.08 Å². The first-order chi connectivity index (χ1) is 15.3. The van der Waals surface area contributed by atoms with Crippen molar-refractivity contribution in [2.45, 2.75) is 18.3 Å². The fourth-order valence-corrected chi connectivity index (χ4v) is 5.59. The molecule has 0 spiro atoms. The summed E-state index contributed by atoms with van der Waals surface area (Å²) >= 11 is 3.50. The van der Waals surface area contributed by atoms with E-state index in [1.54, 1.807) is 17.7 Å². The SMILES string of the molecule is Cc1ncsc1C=CC1=C(C(=O)[O-])N2C(=O)C(NC(=O)C(=NO)c3nsc(N)n3)[C@@H]2SC1.[Na+]. The van der Waals surface area contributed by atoms with Crippen LogP contribution in [0.15, 0.2) is 28.0 Å². The average Bonchev–Trinajstić information content (AvgIpc) is 3.37. The second kappa shape index (κ2) is 10.3. The molecule has 0 radical (unpaired) electrons. The molecule has 0 bridgehead atoms. The van der Waals surface area contributed by atoms with Gasteiger partial charge in [0, 0.05) is 22.2 Å². The van der Waals surface area contributed by atoms with Crippen molar-refractivity contribution >= 4 is 69.3 Å². The molecule has 2 aliphatic rings. The maximum Gasteiger partial charge on any atom is 1.00 e. The number of carbonyl (C=O) groups is 3. The van der Waals surface area contributed by atoms with Crippen molar-refractivity contribution in [3.63, 3.8) is 0 Å². The molecule has 33 heavy (non-hydrogen) atoms. The van der Waals surface area contributed by atoms with Crippen LogP contribution in [0.3, 0.4) is 0 Å². The van der Waals surface area contributed by atoms with Gasteiger partial charge in [0.05, 0.1) is 22.9 Å². The van der Waals surface area contributed by atoms with Gasteiger partial charge in [-0.3, -0.25) is 14.5 Å². The van der Waals surface area contributed by atoms with Gasteiger partial charge in [0.15, 0.2) is 5.13 Å². The summed E-state index contributed by atoms with van der Waals surface area (Å²) < 4.78 is 3.80. The van der Waals surface area contributed by atoms with E-state index in [0.717, 1.165) is 27.0 Å². The number of aryl methyl sites for hydroxylation is 1. The topological polar surface area (TPSA) is 187 Å². The number of carbonyl (C=O) groups excluding carboxylic acids is 3. The second-order valence-corrected chi connectivity index (χ2v) is 9.34. The van der Waals surface area contributed by atoms with Crippen molar-refractivity contribution in [3.05, 3.63) is 39.3 Å². The van der Waals surface area contributed by atoms with Crippen LogP contribution in [-0.2, 0) is 14.4 Å². The number of rotatable bonds is 6. The molecule has 1 saturated heterocycles. The van der Waals surface area contributed by atoms with Crippen LogP contribution in [0, 0.1) is 6.92 Å². The maximum absolute atomic E-state index is 12.7. The zero-order valence-corrected chi connectivity index (χ0v) is 21.7. The first-order valence-corrected chi connectivity index (χ1v) is 11.6. The largest absolute Gasteiger partial charge is 1.00 e. The fraction of sp³-hybridized carbons (Fsp3) is 0.235. The molecular weight excluding hydrogens is 501 g/mol. The van der Waals surface area contributed by atoms with Gasteiger partial charge in [0.25, 0.3) is 11.8 Å². The molecule has 16 heteroatoms. The number of aromatic nitrogens is 3. The number of carboxylic acids is 1. The molecule has 12 nitrogen and oxygen atoms in total. The fourth-order valence-electron chi connectivity index (χ4n) is 3.14. The molecule has 1 unspecified atom stereocenters. The number of nitrogens with zero attached hydrogens (tertiary/aromatic N) is 5. The molecule has 0 saturated carbocycles. The smallest absolute Gasteiger partial charge is 0.543 e. The van der Waals surface area contributed by atoms with E-state index >= 15 is 0 Å². The molecule has 1 fully saturated rings. The standard InChI is InChI=1S/C17H15N7O5S3.Na/c1-6-8(31-5-19-6)3-2-7-4-30-15-10(14(26)24(15)11(7)16(27)28)20-13(25)9(22-29)12-21-17(18)32-23-12;/h2-3,5,10,15,29H,4H2,1H3,(H,20,25)(H,27,28)(H2,18,21,23);/q;+1/p-1/t10?,15-;/m0./s1. The summed E-state index contributed by atoms with van der Waals surface area (Å²) in [5, 5.41) is 25.7. The van der Waals surface area contributed by atoms with Crippen molar-refractivity contribution in [2.24, 2.45) is 5.16 Å². The Bertz CT molecular complexity index is 1210. The number of oxime groups is 1. The van der Waals surface area contributed by atoms with E-state index in [0.29, 0.717) is 5.57 Å². The third-order valence-electron chi connectivity index (χ3n) is 4.66. The molecule has 2 amide bonds. The van der Waals surface area contributed by atoms with E-state index in [1.165, 1.54) is 23.1 Å². The van der Waals surface area contributed by atoms with Crippen molar-refractivity contribution in [2.75, 3.05) is 11.5 Å².